The summed E-state index contributed by atoms with van der Waals surface area (Å²) in [4.78, 5) is 9.37. The van der Waals surface area contributed by atoms with Gasteiger partial charge in [0.2, 0.25) is 0 Å². The van der Waals surface area contributed by atoms with Crippen molar-refractivity contribution in [3.8, 4) is 5.75 Å². The van der Waals surface area contributed by atoms with Gasteiger partial charge in [-0.25, -0.2) is 0 Å². The summed E-state index contributed by atoms with van der Waals surface area (Å²) in [5.41, 5.74) is 6.50. The van der Waals surface area contributed by atoms with E-state index in [0.29, 0.717) is 12.6 Å². The molecule has 0 amide bonds. The molecule has 1 saturated heterocycles. The van der Waals surface area contributed by atoms with Crippen molar-refractivity contribution in [2.75, 3.05) is 31.1 Å². The predicted molar refractivity (Wildman–Crippen MR) is 145 cm³/mol. The molecule has 2 aliphatic rings. The maximum absolute atomic E-state index is 10.8. The molecule has 1 N–H and O–H groups in total. The lowest BCUT2D eigenvalue weighted by molar-refractivity contribution is 0.0602. The highest BCUT2D eigenvalue weighted by atomic mass is 16.5. The van der Waals surface area contributed by atoms with Crippen LogP contribution in [0.5, 0.6) is 5.75 Å². The molecule has 2 aliphatic heterocycles. The Labute approximate surface area is 213 Å². The topological polar surface area (TPSA) is 48.8 Å². The smallest absolute Gasteiger partial charge is 0.128 e. The van der Waals surface area contributed by atoms with Crippen LogP contribution in [0.1, 0.15) is 24.0 Å². The van der Waals surface area contributed by atoms with Crippen LogP contribution in [0.4, 0.5) is 11.4 Å². The molecule has 0 spiro atoms. The first-order valence-electron chi connectivity index (χ1n) is 13.1. The number of hydrogen-bond donors (Lipinski definition) is 1. The molecular weight excluding hydrogens is 446 g/mol. The van der Waals surface area contributed by atoms with Gasteiger partial charge in [0.1, 0.15) is 18.5 Å². The SMILES string of the molecule is OC(COc1cccc2ncccc12)CN1CCC(N2c3ccccc3CCc3ccccc32)CC1. The van der Waals surface area contributed by atoms with Gasteiger partial charge in [0.15, 0.2) is 0 Å². The molecule has 0 aliphatic carbocycles. The summed E-state index contributed by atoms with van der Waals surface area (Å²) in [5, 5.41) is 11.7. The second-order valence-electron chi connectivity index (χ2n) is 9.95. The second-order valence-corrected chi connectivity index (χ2v) is 9.95. The molecule has 0 bridgehead atoms. The summed E-state index contributed by atoms with van der Waals surface area (Å²) < 4.78 is 6.01. The first kappa shape index (κ1) is 23.0. The third-order valence-corrected chi connectivity index (χ3v) is 7.59. The van der Waals surface area contributed by atoms with Crippen LogP contribution >= 0.6 is 0 Å². The van der Waals surface area contributed by atoms with Crippen LogP contribution < -0.4 is 9.64 Å². The number of benzene rings is 3. The number of pyridine rings is 1. The Morgan fingerprint density at radius 2 is 1.53 bits per heavy atom. The van der Waals surface area contributed by atoms with Crippen LogP contribution in [0, 0.1) is 0 Å². The molecule has 0 radical (unpaired) electrons. The molecule has 3 heterocycles. The van der Waals surface area contributed by atoms with Crippen molar-refractivity contribution in [3.63, 3.8) is 0 Å². The van der Waals surface area contributed by atoms with Gasteiger partial charge in [0.05, 0.1) is 5.52 Å². The summed E-state index contributed by atoms with van der Waals surface area (Å²) in [7, 11) is 0. The monoisotopic (exact) mass is 479 g/mol. The number of fused-ring (bicyclic) bond motifs is 3. The first-order chi connectivity index (χ1) is 17.8. The van der Waals surface area contributed by atoms with Crippen molar-refractivity contribution in [1.82, 2.24) is 9.88 Å². The molecule has 5 heteroatoms. The van der Waals surface area contributed by atoms with Crippen molar-refractivity contribution in [2.24, 2.45) is 0 Å². The third kappa shape index (κ3) is 4.69. The average molecular weight is 480 g/mol. The van der Waals surface area contributed by atoms with Crippen molar-refractivity contribution in [1.29, 1.82) is 0 Å². The van der Waals surface area contributed by atoms with Crippen LogP contribution in [0.15, 0.2) is 85.1 Å². The zero-order chi connectivity index (χ0) is 24.3. The Kier molecular flexibility index (Phi) is 6.58. The molecule has 3 aromatic carbocycles. The van der Waals surface area contributed by atoms with Gasteiger partial charge in [-0.3, -0.25) is 4.98 Å². The van der Waals surface area contributed by atoms with Gasteiger partial charge < -0.3 is 19.6 Å². The Morgan fingerprint density at radius 3 is 2.25 bits per heavy atom. The minimum Gasteiger partial charge on any atom is -0.490 e. The zero-order valence-corrected chi connectivity index (χ0v) is 20.6. The number of anilines is 2. The summed E-state index contributed by atoms with van der Waals surface area (Å²) in [6, 6.07) is 28.0. The van der Waals surface area contributed by atoms with E-state index in [9.17, 15) is 5.11 Å². The fourth-order valence-corrected chi connectivity index (χ4v) is 5.80. The third-order valence-electron chi connectivity index (χ3n) is 7.59. The van der Waals surface area contributed by atoms with E-state index in [-0.39, 0.29) is 6.61 Å². The minimum absolute atomic E-state index is 0.279. The van der Waals surface area contributed by atoms with E-state index in [2.05, 4.69) is 63.3 Å². The van der Waals surface area contributed by atoms with E-state index in [1.165, 1.54) is 22.5 Å². The number of hydrogen-bond acceptors (Lipinski definition) is 5. The second kappa shape index (κ2) is 10.3. The number of likely N-dealkylation sites (tertiary alicyclic amines) is 1. The Balaban J connectivity index is 1.10. The van der Waals surface area contributed by atoms with Gasteiger partial charge in [0, 0.05) is 48.6 Å². The highest BCUT2D eigenvalue weighted by molar-refractivity contribution is 5.84. The molecular formula is C31H33N3O2. The number of β-amino-alcohol motifs (C(OH)–C–C–N with tert-alkyl or cyclic N) is 1. The quantitative estimate of drug-likeness (QED) is 0.403. The van der Waals surface area contributed by atoms with Gasteiger partial charge in [0.25, 0.3) is 0 Å². The number of aryl methyl sites for hydroxylation is 2. The van der Waals surface area contributed by atoms with Crippen molar-refractivity contribution in [3.05, 3.63) is 96.2 Å². The van der Waals surface area contributed by atoms with Gasteiger partial charge in [-0.2, -0.15) is 0 Å². The standard InChI is InChI=1S/C31H33N3O2/c35-26(22-36-31-13-5-10-28-27(31)9-6-18-32-28)21-33-19-16-25(17-20-33)34-29-11-3-1-7-23(29)14-15-24-8-2-4-12-30(24)34/h1-13,18,25-26,35H,14-17,19-22H2. The average Bonchev–Trinajstić information content (AvgIpc) is 3.09. The molecule has 1 atom stereocenters. The number of ether oxygens (including phenoxy) is 1. The number of aliphatic hydroxyl groups excluding tert-OH is 1. The summed E-state index contributed by atoms with van der Waals surface area (Å²) in [6.45, 7) is 2.85. The van der Waals surface area contributed by atoms with E-state index >= 15 is 0 Å². The molecule has 1 unspecified atom stereocenters. The Morgan fingerprint density at radius 1 is 0.833 bits per heavy atom. The lowest BCUT2D eigenvalue weighted by atomic mass is 9.99. The van der Waals surface area contributed by atoms with Crippen LogP contribution in [0.25, 0.3) is 10.9 Å². The number of nitrogens with zero attached hydrogens (tertiary/aromatic N) is 3. The van der Waals surface area contributed by atoms with Crippen LogP contribution in [-0.4, -0.2) is 53.4 Å². The number of rotatable bonds is 6. The number of aromatic nitrogens is 1. The van der Waals surface area contributed by atoms with Gasteiger partial charge in [-0.05, 0) is 73.2 Å². The van der Waals surface area contributed by atoms with Crippen LogP contribution in [-0.2, 0) is 12.8 Å². The fourth-order valence-electron chi connectivity index (χ4n) is 5.80. The highest BCUT2D eigenvalue weighted by Crippen LogP contribution is 2.39. The van der Waals surface area contributed by atoms with Gasteiger partial charge in [-0.15, -0.1) is 0 Å². The number of aliphatic hydroxyl groups is 1. The molecule has 0 saturated carbocycles. The lowest BCUT2D eigenvalue weighted by Gasteiger charge is -2.41. The lowest BCUT2D eigenvalue weighted by Crippen LogP contribution is -2.46. The Bertz CT molecular complexity index is 1280. The molecule has 1 aromatic heterocycles. The molecule has 36 heavy (non-hydrogen) atoms. The molecule has 184 valence electrons. The molecule has 4 aromatic rings. The summed E-state index contributed by atoms with van der Waals surface area (Å²) >= 11 is 0. The first-order valence-corrected chi connectivity index (χ1v) is 13.1. The summed E-state index contributed by atoms with van der Waals surface area (Å²) in [6.07, 6.45) is 5.57. The van der Waals surface area contributed by atoms with E-state index in [4.69, 9.17) is 4.74 Å². The van der Waals surface area contributed by atoms with Crippen LogP contribution in [0.2, 0.25) is 0 Å². The number of para-hydroxylation sites is 2. The van der Waals surface area contributed by atoms with E-state index < -0.39 is 6.10 Å². The normalized spacial score (nSPS) is 17.3. The highest BCUT2D eigenvalue weighted by Gasteiger charge is 2.30. The molecule has 1 fully saturated rings. The van der Waals surface area contributed by atoms with E-state index in [1.807, 2.05) is 30.3 Å². The maximum Gasteiger partial charge on any atom is 0.128 e. The zero-order valence-electron chi connectivity index (χ0n) is 20.6. The molecule has 5 nitrogen and oxygen atoms in total. The van der Waals surface area contributed by atoms with Crippen molar-refractivity contribution >= 4 is 22.3 Å². The molecule has 6 rings (SSSR count). The predicted octanol–water partition coefficient (Wildman–Crippen LogP) is 5.38. The maximum atomic E-state index is 10.8. The van der Waals surface area contributed by atoms with Crippen LogP contribution in [0.3, 0.4) is 0 Å². The number of piperidine rings is 1. The largest absolute Gasteiger partial charge is 0.490 e. The van der Waals surface area contributed by atoms with Crippen molar-refractivity contribution in [2.45, 2.75) is 37.8 Å². The van der Waals surface area contributed by atoms with E-state index in [1.54, 1.807) is 6.20 Å². The van der Waals surface area contributed by atoms with E-state index in [0.717, 1.165) is 55.4 Å². The van der Waals surface area contributed by atoms with Crippen molar-refractivity contribution < 1.29 is 9.84 Å². The van der Waals surface area contributed by atoms with Gasteiger partial charge in [-0.1, -0.05) is 42.5 Å². The summed E-state index contributed by atoms with van der Waals surface area (Å²) in [5.74, 6) is 0.775. The Hall–Kier alpha value is -3.41. The minimum atomic E-state index is -0.534. The fraction of sp³-hybridized carbons (Fsp3) is 0.323. The van der Waals surface area contributed by atoms with Gasteiger partial charge >= 0.3 is 0 Å².